The van der Waals surface area contributed by atoms with Crippen LogP contribution in [0.5, 0.6) is 0 Å². The second-order valence-electron chi connectivity index (χ2n) is 7.90. The number of ether oxygens (including phenoxy) is 1. The summed E-state index contributed by atoms with van der Waals surface area (Å²) in [7, 11) is 0. The van der Waals surface area contributed by atoms with Crippen molar-refractivity contribution in [1.82, 2.24) is 14.9 Å². The number of aromatic nitrogens is 2. The number of aryl methyl sites for hydroxylation is 1. The molecule has 0 amide bonds. The minimum absolute atomic E-state index is 0.281. The van der Waals surface area contributed by atoms with Crippen LogP contribution in [-0.4, -0.2) is 40.0 Å². The largest absolute Gasteiger partial charge is 0.454 e. The average Bonchev–Trinajstić information content (AvgIpc) is 3.26. The number of hydrogen-bond donors (Lipinski definition) is 1. The molecule has 1 aliphatic rings. The van der Waals surface area contributed by atoms with Crippen molar-refractivity contribution >= 4 is 16.9 Å². The van der Waals surface area contributed by atoms with Gasteiger partial charge in [0.1, 0.15) is 6.10 Å². The molecule has 152 valence electrons. The number of H-pyrrole nitrogens is 1. The van der Waals surface area contributed by atoms with Crippen LogP contribution in [-0.2, 0) is 17.6 Å². The Balaban J connectivity index is 1.62. The number of benzene rings is 1. The Hall–Kier alpha value is -2.66. The summed E-state index contributed by atoms with van der Waals surface area (Å²) in [6, 6.07) is 8.73. The zero-order valence-electron chi connectivity index (χ0n) is 17.7. The molecule has 0 saturated carbocycles. The maximum Gasteiger partial charge on any atom is 0.341 e. The van der Waals surface area contributed by atoms with E-state index in [1.54, 1.807) is 12.4 Å². The summed E-state index contributed by atoms with van der Waals surface area (Å²) in [4.78, 5) is 23.0. The third-order valence-corrected chi connectivity index (χ3v) is 6.21. The van der Waals surface area contributed by atoms with Gasteiger partial charge in [-0.25, -0.2) is 4.79 Å². The normalized spacial score (nSPS) is 16.9. The molecule has 5 heteroatoms. The van der Waals surface area contributed by atoms with Crippen LogP contribution in [0.15, 0.2) is 36.7 Å². The lowest BCUT2D eigenvalue weighted by Gasteiger charge is -2.25. The highest BCUT2D eigenvalue weighted by Gasteiger charge is 2.28. The molecule has 4 rings (SSSR count). The SMILES string of the molecule is CCN(CC)C1Cc2cc3[nH]c(C)c(C(=O)O[C@@H](C)c4ccncc4)c3cc2C1. The molecule has 1 N–H and O–H groups in total. The maximum atomic E-state index is 13.0. The van der Waals surface area contributed by atoms with Crippen LogP contribution >= 0.6 is 0 Å². The van der Waals surface area contributed by atoms with E-state index in [1.165, 1.54) is 11.1 Å². The van der Waals surface area contributed by atoms with E-state index < -0.39 is 0 Å². The molecule has 2 heterocycles. The molecule has 2 atom stereocenters. The second kappa shape index (κ2) is 7.99. The van der Waals surface area contributed by atoms with Crippen LogP contribution in [0.2, 0.25) is 0 Å². The number of aromatic amines is 1. The number of rotatable bonds is 6. The van der Waals surface area contributed by atoms with Crippen molar-refractivity contribution in [1.29, 1.82) is 0 Å². The number of likely N-dealkylation sites (N-methyl/N-ethyl adjacent to an activating group) is 1. The van der Waals surface area contributed by atoms with E-state index in [0.717, 1.165) is 48.1 Å². The third-order valence-electron chi connectivity index (χ3n) is 6.21. The first-order valence-electron chi connectivity index (χ1n) is 10.5. The van der Waals surface area contributed by atoms with E-state index in [1.807, 2.05) is 26.0 Å². The van der Waals surface area contributed by atoms with Gasteiger partial charge in [-0.15, -0.1) is 0 Å². The topological polar surface area (TPSA) is 58.2 Å². The van der Waals surface area contributed by atoms with Crippen molar-refractivity contribution in [2.45, 2.75) is 52.7 Å². The number of hydrogen-bond acceptors (Lipinski definition) is 4. The van der Waals surface area contributed by atoms with Gasteiger partial charge in [0.2, 0.25) is 0 Å². The molecule has 29 heavy (non-hydrogen) atoms. The summed E-state index contributed by atoms with van der Waals surface area (Å²) in [5, 5.41) is 0.966. The lowest BCUT2D eigenvalue weighted by atomic mass is 10.0. The zero-order valence-corrected chi connectivity index (χ0v) is 17.7. The Morgan fingerprint density at radius 1 is 1.21 bits per heavy atom. The standard InChI is InChI=1S/C24H29N3O2/c1-5-27(6-2)20-11-18-13-21-22(14-19(18)12-20)26-15(3)23(21)24(28)29-16(4)17-7-9-25-10-8-17/h7-10,13-14,16,20,26H,5-6,11-12H2,1-4H3/t16-,20?/m0/s1. The Labute approximate surface area is 172 Å². The number of esters is 1. The van der Waals surface area contributed by atoms with E-state index in [2.05, 4.69) is 40.8 Å². The van der Waals surface area contributed by atoms with Crippen LogP contribution in [0.25, 0.3) is 10.9 Å². The Morgan fingerprint density at radius 3 is 2.52 bits per heavy atom. The molecule has 0 saturated heterocycles. The first-order valence-corrected chi connectivity index (χ1v) is 10.5. The van der Waals surface area contributed by atoms with Gasteiger partial charge in [0, 0.05) is 35.0 Å². The van der Waals surface area contributed by atoms with Crippen molar-refractivity contribution in [3.63, 3.8) is 0 Å². The van der Waals surface area contributed by atoms with Gasteiger partial charge in [0.25, 0.3) is 0 Å². The molecule has 1 unspecified atom stereocenters. The highest BCUT2D eigenvalue weighted by Crippen LogP contribution is 2.33. The van der Waals surface area contributed by atoms with E-state index in [0.29, 0.717) is 11.6 Å². The molecular weight excluding hydrogens is 362 g/mol. The predicted octanol–water partition coefficient (Wildman–Crippen LogP) is 4.60. The van der Waals surface area contributed by atoms with Crippen LogP contribution in [0.1, 0.15) is 59.6 Å². The van der Waals surface area contributed by atoms with Crippen LogP contribution in [0.4, 0.5) is 0 Å². The molecule has 1 aliphatic carbocycles. The van der Waals surface area contributed by atoms with E-state index in [4.69, 9.17) is 4.74 Å². The number of nitrogens with one attached hydrogen (secondary N) is 1. The molecule has 1 aromatic carbocycles. The summed E-state index contributed by atoms with van der Waals surface area (Å²) in [5.74, 6) is -0.281. The smallest absolute Gasteiger partial charge is 0.341 e. The zero-order chi connectivity index (χ0) is 20.5. The highest BCUT2D eigenvalue weighted by atomic mass is 16.5. The number of pyridine rings is 1. The summed E-state index contributed by atoms with van der Waals surface area (Å²) in [6.07, 6.45) is 5.22. The number of fused-ring (bicyclic) bond motifs is 2. The number of carbonyl (C=O) groups excluding carboxylic acids is 1. The summed E-state index contributed by atoms with van der Waals surface area (Å²) >= 11 is 0. The van der Waals surface area contributed by atoms with Gasteiger partial charge in [-0.05, 0) is 80.7 Å². The van der Waals surface area contributed by atoms with Gasteiger partial charge >= 0.3 is 5.97 Å². The summed E-state index contributed by atoms with van der Waals surface area (Å²) in [5.41, 5.74) is 6.20. The number of nitrogens with zero attached hydrogens (tertiary/aromatic N) is 2. The van der Waals surface area contributed by atoms with Crippen LogP contribution in [0.3, 0.4) is 0 Å². The fraction of sp³-hybridized carbons (Fsp3) is 0.417. The van der Waals surface area contributed by atoms with Crippen molar-refractivity contribution in [2.75, 3.05) is 13.1 Å². The molecule has 0 aliphatic heterocycles. The van der Waals surface area contributed by atoms with E-state index in [9.17, 15) is 4.79 Å². The molecular formula is C24H29N3O2. The van der Waals surface area contributed by atoms with Gasteiger partial charge in [-0.3, -0.25) is 4.98 Å². The quantitative estimate of drug-likeness (QED) is 0.624. The van der Waals surface area contributed by atoms with Gasteiger partial charge in [0.05, 0.1) is 5.56 Å². The third kappa shape index (κ3) is 3.67. The Bertz CT molecular complexity index is 1020. The van der Waals surface area contributed by atoms with Crippen LogP contribution < -0.4 is 0 Å². The van der Waals surface area contributed by atoms with E-state index in [-0.39, 0.29) is 12.1 Å². The monoisotopic (exact) mass is 391 g/mol. The molecule has 3 aromatic rings. The molecule has 5 nitrogen and oxygen atoms in total. The van der Waals surface area contributed by atoms with Crippen LogP contribution in [0, 0.1) is 6.92 Å². The van der Waals surface area contributed by atoms with Gasteiger partial charge in [0.15, 0.2) is 0 Å². The van der Waals surface area contributed by atoms with Crippen molar-refractivity contribution in [3.8, 4) is 0 Å². The molecule has 0 radical (unpaired) electrons. The highest BCUT2D eigenvalue weighted by molar-refractivity contribution is 6.06. The minimum atomic E-state index is -0.323. The van der Waals surface area contributed by atoms with Gasteiger partial charge in [-0.1, -0.05) is 13.8 Å². The molecule has 0 spiro atoms. The van der Waals surface area contributed by atoms with Crippen molar-refractivity contribution in [2.24, 2.45) is 0 Å². The summed E-state index contributed by atoms with van der Waals surface area (Å²) in [6.45, 7) is 10.4. The average molecular weight is 392 g/mol. The van der Waals surface area contributed by atoms with E-state index >= 15 is 0 Å². The fourth-order valence-electron chi connectivity index (χ4n) is 4.61. The van der Waals surface area contributed by atoms with Crippen molar-refractivity contribution < 1.29 is 9.53 Å². The molecule has 0 fully saturated rings. The first kappa shape index (κ1) is 19.6. The predicted molar refractivity (Wildman–Crippen MR) is 115 cm³/mol. The minimum Gasteiger partial charge on any atom is -0.454 e. The second-order valence-corrected chi connectivity index (χ2v) is 7.90. The fourth-order valence-corrected chi connectivity index (χ4v) is 4.61. The summed E-state index contributed by atoms with van der Waals surface area (Å²) < 4.78 is 5.79. The maximum absolute atomic E-state index is 13.0. The number of carbonyl (C=O) groups is 1. The lowest BCUT2D eigenvalue weighted by Crippen LogP contribution is -2.35. The molecule has 2 aromatic heterocycles. The lowest BCUT2D eigenvalue weighted by molar-refractivity contribution is 0.0339. The Morgan fingerprint density at radius 2 is 1.86 bits per heavy atom. The Kier molecular flexibility index (Phi) is 5.41. The van der Waals surface area contributed by atoms with Crippen molar-refractivity contribution in [3.05, 3.63) is 64.6 Å². The van der Waals surface area contributed by atoms with Gasteiger partial charge in [-0.2, -0.15) is 0 Å². The first-order chi connectivity index (χ1) is 14.0. The molecule has 0 bridgehead atoms. The van der Waals surface area contributed by atoms with Gasteiger partial charge < -0.3 is 14.6 Å².